The first-order valence-corrected chi connectivity index (χ1v) is 7.98. The molecule has 2 heteroatoms. The molecule has 0 saturated heterocycles. The molecule has 2 rings (SSSR count). The van der Waals surface area contributed by atoms with Crippen LogP contribution in [0.1, 0.15) is 56.1 Å². The number of benzene rings is 1. The van der Waals surface area contributed by atoms with Crippen LogP contribution in [0, 0.1) is 12.3 Å². The summed E-state index contributed by atoms with van der Waals surface area (Å²) in [4.78, 5) is 0. The molecule has 0 atom stereocenters. The Morgan fingerprint density at radius 3 is 2.32 bits per heavy atom. The van der Waals surface area contributed by atoms with Crippen LogP contribution in [0.2, 0.25) is 5.02 Å². The summed E-state index contributed by atoms with van der Waals surface area (Å²) >= 11 is 6.40. The van der Waals surface area contributed by atoms with Crippen molar-refractivity contribution in [2.24, 2.45) is 11.1 Å². The van der Waals surface area contributed by atoms with Crippen molar-refractivity contribution >= 4 is 11.6 Å². The molecule has 106 valence electrons. The van der Waals surface area contributed by atoms with Crippen LogP contribution in [0.25, 0.3) is 0 Å². The Morgan fingerprint density at radius 1 is 1.11 bits per heavy atom. The van der Waals surface area contributed by atoms with Gasteiger partial charge in [-0.3, -0.25) is 0 Å². The summed E-state index contributed by atoms with van der Waals surface area (Å²) in [5.41, 5.74) is 8.93. The Bertz CT molecular complexity index is 406. The summed E-state index contributed by atoms with van der Waals surface area (Å²) in [5.74, 6) is 0. The number of rotatable bonds is 3. The summed E-state index contributed by atoms with van der Waals surface area (Å²) in [6, 6.07) is 6.42. The number of halogens is 1. The molecule has 1 aliphatic rings. The van der Waals surface area contributed by atoms with Gasteiger partial charge >= 0.3 is 0 Å². The van der Waals surface area contributed by atoms with Crippen molar-refractivity contribution in [3.05, 3.63) is 34.3 Å². The fourth-order valence-corrected chi connectivity index (χ4v) is 3.61. The SMILES string of the molecule is Cc1ccc(CC2(CN)CCCCCCC2)c(Cl)c1. The van der Waals surface area contributed by atoms with Crippen molar-refractivity contribution in [2.45, 2.75) is 58.3 Å². The smallest absolute Gasteiger partial charge is 0.0440 e. The minimum Gasteiger partial charge on any atom is -0.330 e. The standard InChI is InChI=1S/C17H26ClN/c1-14-7-8-15(16(18)11-14)12-17(13-19)9-5-3-2-4-6-10-17/h7-8,11H,2-6,9-10,12-13,19H2,1H3. The maximum atomic E-state index is 6.40. The summed E-state index contributed by atoms with van der Waals surface area (Å²) < 4.78 is 0. The Morgan fingerprint density at radius 2 is 1.74 bits per heavy atom. The van der Waals surface area contributed by atoms with Crippen LogP contribution in [0.3, 0.4) is 0 Å². The van der Waals surface area contributed by atoms with Gasteiger partial charge in [0.05, 0.1) is 0 Å². The van der Waals surface area contributed by atoms with Crippen LogP contribution in [-0.4, -0.2) is 6.54 Å². The van der Waals surface area contributed by atoms with Gasteiger partial charge in [0.15, 0.2) is 0 Å². The average molecular weight is 280 g/mol. The second-order valence-electron chi connectivity index (χ2n) is 6.24. The van der Waals surface area contributed by atoms with Crippen molar-refractivity contribution in [1.29, 1.82) is 0 Å². The predicted molar refractivity (Wildman–Crippen MR) is 83.7 cm³/mol. The molecule has 2 N–H and O–H groups in total. The zero-order valence-corrected chi connectivity index (χ0v) is 12.8. The first-order valence-electron chi connectivity index (χ1n) is 7.60. The van der Waals surface area contributed by atoms with Gasteiger partial charge in [-0.2, -0.15) is 0 Å². The Hall–Kier alpha value is -0.530. The lowest BCUT2D eigenvalue weighted by Crippen LogP contribution is -2.33. The van der Waals surface area contributed by atoms with E-state index >= 15 is 0 Å². The normalized spacial score (nSPS) is 19.7. The van der Waals surface area contributed by atoms with E-state index in [0.29, 0.717) is 0 Å². The number of hydrogen-bond acceptors (Lipinski definition) is 1. The summed E-state index contributed by atoms with van der Waals surface area (Å²) in [5, 5.41) is 0.912. The molecule has 0 aliphatic heterocycles. The molecule has 1 fully saturated rings. The largest absolute Gasteiger partial charge is 0.330 e. The van der Waals surface area contributed by atoms with Crippen LogP contribution < -0.4 is 5.73 Å². The third-order valence-electron chi connectivity index (χ3n) is 4.62. The molecule has 1 aromatic rings. The number of hydrogen-bond donors (Lipinski definition) is 1. The highest BCUT2D eigenvalue weighted by Gasteiger charge is 2.29. The van der Waals surface area contributed by atoms with Crippen molar-refractivity contribution in [3.63, 3.8) is 0 Å². The van der Waals surface area contributed by atoms with Gasteiger partial charge in [-0.25, -0.2) is 0 Å². The number of aryl methyl sites for hydroxylation is 1. The molecule has 0 unspecified atom stereocenters. The van der Waals surface area contributed by atoms with Gasteiger partial charge in [0.2, 0.25) is 0 Å². The highest BCUT2D eigenvalue weighted by Crippen LogP contribution is 2.38. The maximum absolute atomic E-state index is 6.40. The van der Waals surface area contributed by atoms with Crippen molar-refractivity contribution in [1.82, 2.24) is 0 Å². The van der Waals surface area contributed by atoms with Gasteiger partial charge in [0, 0.05) is 5.02 Å². The average Bonchev–Trinajstić information content (AvgIpc) is 2.36. The Labute approximate surface area is 122 Å². The molecule has 1 saturated carbocycles. The van der Waals surface area contributed by atoms with E-state index in [1.54, 1.807) is 0 Å². The molecule has 19 heavy (non-hydrogen) atoms. The van der Waals surface area contributed by atoms with E-state index in [0.717, 1.165) is 18.0 Å². The zero-order valence-electron chi connectivity index (χ0n) is 12.1. The van der Waals surface area contributed by atoms with Crippen LogP contribution in [0.5, 0.6) is 0 Å². The van der Waals surface area contributed by atoms with Gasteiger partial charge in [0.1, 0.15) is 0 Å². The van der Waals surface area contributed by atoms with Crippen molar-refractivity contribution in [2.75, 3.05) is 6.54 Å². The minimum atomic E-state index is 0.277. The molecule has 0 spiro atoms. The molecule has 1 aromatic carbocycles. The van der Waals surface area contributed by atoms with Crippen LogP contribution in [0.4, 0.5) is 0 Å². The molecule has 0 heterocycles. The van der Waals surface area contributed by atoms with E-state index in [2.05, 4.69) is 25.1 Å². The summed E-state index contributed by atoms with van der Waals surface area (Å²) in [7, 11) is 0. The summed E-state index contributed by atoms with van der Waals surface area (Å²) in [6.45, 7) is 2.88. The maximum Gasteiger partial charge on any atom is 0.0440 e. The molecule has 0 bridgehead atoms. The van der Waals surface area contributed by atoms with E-state index in [-0.39, 0.29) is 5.41 Å². The predicted octanol–water partition coefficient (Wildman–Crippen LogP) is 4.88. The quantitative estimate of drug-likeness (QED) is 0.838. The third kappa shape index (κ3) is 3.97. The van der Waals surface area contributed by atoms with Crippen LogP contribution in [0.15, 0.2) is 18.2 Å². The van der Waals surface area contributed by atoms with Gasteiger partial charge in [-0.05, 0) is 55.3 Å². The van der Waals surface area contributed by atoms with E-state index in [4.69, 9.17) is 17.3 Å². The second kappa shape index (κ2) is 6.76. The molecular formula is C17H26ClN. The molecular weight excluding hydrogens is 254 g/mol. The van der Waals surface area contributed by atoms with Crippen molar-refractivity contribution in [3.8, 4) is 0 Å². The zero-order chi connectivity index (χ0) is 13.7. The van der Waals surface area contributed by atoms with E-state index < -0.39 is 0 Å². The van der Waals surface area contributed by atoms with Gasteiger partial charge < -0.3 is 5.73 Å². The molecule has 0 amide bonds. The molecule has 0 radical (unpaired) electrons. The van der Waals surface area contributed by atoms with E-state index in [1.165, 1.54) is 56.1 Å². The van der Waals surface area contributed by atoms with Gasteiger partial charge in [0.25, 0.3) is 0 Å². The fraction of sp³-hybridized carbons (Fsp3) is 0.647. The van der Waals surface area contributed by atoms with Crippen LogP contribution in [-0.2, 0) is 6.42 Å². The van der Waals surface area contributed by atoms with Crippen molar-refractivity contribution < 1.29 is 0 Å². The third-order valence-corrected chi connectivity index (χ3v) is 4.97. The van der Waals surface area contributed by atoms with Gasteiger partial charge in [-0.1, -0.05) is 55.8 Å². The second-order valence-corrected chi connectivity index (χ2v) is 6.65. The summed E-state index contributed by atoms with van der Waals surface area (Å²) in [6.07, 6.45) is 10.3. The molecule has 1 nitrogen and oxygen atoms in total. The lowest BCUT2D eigenvalue weighted by atomic mass is 9.72. The van der Waals surface area contributed by atoms with E-state index in [9.17, 15) is 0 Å². The molecule has 1 aliphatic carbocycles. The molecule has 0 aromatic heterocycles. The van der Waals surface area contributed by atoms with E-state index in [1.807, 2.05) is 0 Å². The van der Waals surface area contributed by atoms with Gasteiger partial charge in [-0.15, -0.1) is 0 Å². The van der Waals surface area contributed by atoms with Crippen LogP contribution >= 0.6 is 11.6 Å². The lowest BCUT2D eigenvalue weighted by Gasteiger charge is -2.35. The monoisotopic (exact) mass is 279 g/mol. The Kier molecular flexibility index (Phi) is 5.29. The Balaban J connectivity index is 2.15. The lowest BCUT2D eigenvalue weighted by molar-refractivity contribution is 0.217. The topological polar surface area (TPSA) is 26.0 Å². The highest BCUT2D eigenvalue weighted by atomic mass is 35.5. The first kappa shape index (κ1) is 14.9. The fourth-order valence-electron chi connectivity index (χ4n) is 3.31. The first-order chi connectivity index (χ1) is 9.15. The highest BCUT2D eigenvalue weighted by molar-refractivity contribution is 6.31. The minimum absolute atomic E-state index is 0.277. The number of nitrogens with two attached hydrogens (primary N) is 1.